The number of hydrogen-bond acceptors (Lipinski definition) is 7. The molecule has 9 nitrogen and oxygen atoms in total. The zero-order chi connectivity index (χ0) is 12.3. The number of aromatic nitrogens is 5. The van der Waals surface area contributed by atoms with Gasteiger partial charge in [-0.25, -0.2) is 4.68 Å². The maximum Gasteiger partial charge on any atom is 0.320 e. The van der Waals surface area contributed by atoms with Crippen LogP contribution >= 0.6 is 0 Å². The van der Waals surface area contributed by atoms with Crippen LogP contribution in [-0.2, 0) is 17.8 Å². The number of nitrogens with zero attached hydrogens (tertiary/aromatic N) is 5. The molecule has 2 heterocycles. The van der Waals surface area contributed by atoms with Crippen molar-refractivity contribution >= 4 is 5.97 Å². The largest absolute Gasteiger partial charge is 0.480 e. The molecule has 0 aliphatic carbocycles. The molecular formula is C8H10N6O3. The first kappa shape index (κ1) is 11.2. The average molecular weight is 238 g/mol. The maximum atomic E-state index is 10.6. The summed E-state index contributed by atoms with van der Waals surface area (Å²) in [6, 6.07) is -0.981. The molecule has 1 unspecified atom stereocenters. The lowest BCUT2D eigenvalue weighted by atomic mass is 10.2. The topological polar surface area (TPSA) is 133 Å². The molecule has 0 radical (unpaired) electrons. The Morgan fingerprint density at radius 1 is 1.65 bits per heavy atom. The van der Waals surface area contributed by atoms with E-state index < -0.39 is 12.0 Å². The summed E-state index contributed by atoms with van der Waals surface area (Å²) in [6.07, 6.45) is 2.94. The third-order valence-electron chi connectivity index (χ3n) is 2.04. The van der Waals surface area contributed by atoms with E-state index in [1.807, 2.05) is 0 Å². The van der Waals surface area contributed by atoms with Crippen LogP contribution < -0.4 is 5.73 Å². The molecular weight excluding hydrogens is 228 g/mol. The van der Waals surface area contributed by atoms with Crippen molar-refractivity contribution in [1.82, 2.24) is 25.1 Å². The lowest BCUT2D eigenvalue weighted by Gasteiger charge is -2.01. The van der Waals surface area contributed by atoms with Crippen LogP contribution in [0.4, 0.5) is 0 Å². The third kappa shape index (κ3) is 2.84. The lowest BCUT2D eigenvalue weighted by molar-refractivity contribution is -0.138. The molecule has 0 spiro atoms. The van der Waals surface area contributed by atoms with Crippen molar-refractivity contribution in [2.45, 2.75) is 19.0 Å². The highest BCUT2D eigenvalue weighted by Crippen LogP contribution is 2.00. The van der Waals surface area contributed by atoms with Crippen molar-refractivity contribution in [3.8, 4) is 0 Å². The van der Waals surface area contributed by atoms with Crippen molar-refractivity contribution in [3.05, 3.63) is 24.1 Å². The van der Waals surface area contributed by atoms with Gasteiger partial charge in [0.05, 0.1) is 5.69 Å². The molecule has 2 aromatic heterocycles. The number of aliphatic carboxylic acids is 1. The van der Waals surface area contributed by atoms with Crippen LogP contribution in [0, 0.1) is 0 Å². The summed E-state index contributed by atoms with van der Waals surface area (Å²) in [5, 5.41) is 19.9. The quantitative estimate of drug-likeness (QED) is 0.654. The van der Waals surface area contributed by atoms with Gasteiger partial charge in [-0.1, -0.05) is 10.4 Å². The Hall–Kier alpha value is -2.29. The molecule has 2 rings (SSSR count). The second-order valence-corrected chi connectivity index (χ2v) is 3.40. The summed E-state index contributed by atoms with van der Waals surface area (Å²) in [6.45, 7) is 0.311. The molecule has 0 aromatic carbocycles. The Kier molecular flexibility index (Phi) is 3.10. The van der Waals surface area contributed by atoms with Crippen LogP contribution in [0.15, 0.2) is 17.1 Å². The third-order valence-corrected chi connectivity index (χ3v) is 2.04. The van der Waals surface area contributed by atoms with Gasteiger partial charge in [0.15, 0.2) is 5.82 Å². The first-order valence-electron chi connectivity index (χ1n) is 4.78. The molecule has 3 N–H and O–H groups in total. The minimum Gasteiger partial charge on any atom is -0.480 e. The fourth-order valence-corrected chi connectivity index (χ4v) is 1.23. The Bertz CT molecular complexity index is 493. The second kappa shape index (κ2) is 4.70. The van der Waals surface area contributed by atoms with Gasteiger partial charge in [0, 0.05) is 12.6 Å². The van der Waals surface area contributed by atoms with Gasteiger partial charge in [-0.15, -0.1) is 5.10 Å². The average Bonchev–Trinajstić information content (AvgIpc) is 2.91. The zero-order valence-electron chi connectivity index (χ0n) is 8.72. The molecule has 0 saturated carbocycles. The highest BCUT2D eigenvalue weighted by molar-refractivity contribution is 5.73. The molecule has 0 aliphatic heterocycles. The standard InChI is InChI=1S/C8H10N6O3/c9-6(8(15)16)1-5-2-14(13-11-5)3-7-10-4-17-12-7/h2,4,6H,1,3,9H2,(H,15,16). The highest BCUT2D eigenvalue weighted by Gasteiger charge is 2.14. The van der Waals surface area contributed by atoms with Crippen molar-refractivity contribution < 1.29 is 14.4 Å². The van der Waals surface area contributed by atoms with E-state index in [9.17, 15) is 4.79 Å². The van der Waals surface area contributed by atoms with E-state index in [0.29, 0.717) is 18.1 Å². The van der Waals surface area contributed by atoms with E-state index in [4.69, 9.17) is 10.8 Å². The Morgan fingerprint density at radius 3 is 3.12 bits per heavy atom. The SMILES string of the molecule is NC(Cc1cn(Cc2ncon2)nn1)C(=O)O. The van der Waals surface area contributed by atoms with Gasteiger partial charge in [-0.05, 0) is 0 Å². The second-order valence-electron chi connectivity index (χ2n) is 3.40. The minimum absolute atomic E-state index is 0.127. The van der Waals surface area contributed by atoms with Crippen molar-refractivity contribution in [3.63, 3.8) is 0 Å². The van der Waals surface area contributed by atoms with E-state index in [0.717, 1.165) is 0 Å². The molecule has 0 fully saturated rings. The molecule has 17 heavy (non-hydrogen) atoms. The minimum atomic E-state index is -1.07. The molecule has 2 aromatic rings. The number of nitrogens with two attached hydrogens (primary N) is 1. The van der Waals surface area contributed by atoms with Gasteiger partial charge in [0.25, 0.3) is 0 Å². The van der Waals surface area contributed by atoms with Crippen LogP contribution in [0.25, 0.3) is 0 Å². The first-order valence-corrected chi connectivity index (χ1v) is 4.78. The van der Waals surface area contributed by atoms with Gasteiger partial charge in [-0.2, -0.15) is 4.98 Å². The summed E-state index contributed by atoms with van der Waals surface area (Å²) in [5.41, 5.74) is 5.88. The van der Waals surface area contributed by atoms with E-state index in [1.54, 1.807) is 6.20 Å². The molecule has 90 valence electrons. The van der Waals surface area contributed by atoms with Crippen molar-refractivity contribution in [1.29, 1.82) is 0 Å². The number of carbonyl (C=O) groups is 1. The van der Waals surface area contributed by atoms with Gasteiger partial charge < -0.3 is 15.4 Å². The number of carboxylic acids is 1. The summed E-state index contributed by atoms with van der Waals surface area (Å²) in [7, 11) is 0. The van der Waals surface area contributed by atoms with E-state index in [2.05, 4.69) is 25.0 Å². The van der Waals surface area contributed by atoms with E-state index in [1.165, 1.54) is 11.1 Å². The molecule has 1 atom stereocenters. The van der Waals surface area contributed by atoms with Crippen molar-refractivity contribution in [2.75, 3.05) is 0 Å². The van der Waals surface area contributed by atoms with Crippen LogP contribution in [-0.4, -0.2) is 42.3 Å². The highest BCUT2D eigenvalue weighted by atomic mass is 16.5. The normalized spacial score (nSPS) is 12.5. The molecule has 0 aliphatic rings. The first-order chi connectivity index (χ1) is 8.15. The molecule has 0 amide bonds. The van der Waals surface area contributed by atoms with Gasteiger partial charge in [0.2, 0.25) is 6.39 Å². The zero-order valence-corrected chi connectivity index (χ0v) is 8.72. The predicted octanol–water partition coefficient (Wildman–Crippen LogP) is -1.34. The molecule has 0 bridgehead atoms. The summed E-state index contributed by atoms with van der Waals surface area (Å²) < 4.78 is 6.05. The van der Waals surface area contributed by atoms with Crippen LogP contribution in [0.3, 0.4) is 0 Å². The smallest absolute Gasteiger partial charge is 0.320 e. The molecule has 9 heteroatoms. The van der Waals surface area contributed by atoms with Crippen molar-refractivity contribution in [2.24, 2.45) is 5.73 Å². The van der Waals surface area contributed by atoms with Crippen LogP contribution in [0.1, 0.15) is 11.5 Å². The summed E-state index contributed by atoms with van der Waals surface area (Å²) in [5.74, 6) is -0.610. The Balaban J connectivity index is 1.98. The fraction of sp³-hybridized carbons (Fsp3) is 0.375. The summed E-state index contributed by atoms with van der Waals surface area (Å²) in [4.78, 5) is 14.4. The Morgan fingerprint density at radius 2 is 2.47 bits per heavy atom. The number of carboxylic acid groups (broad SMARTS) is 1. The fourth-order valence-electron chi connectivity index (χ4n) is 1.23. The molecule has 0 saturated heterocycles. The van der Waals surface area contributed by atoms with Gasteiger partial charge >= 0.3 is 5.97 Å². The van der Waals surface area contributed by atoms with E-state index in [-0.39, 0.29) is 6.42 Å². The number of rotatable bonds is 5. The van der Waals surface area contributed by atoms with E-state index >= 15 is 0 Å². The van der Waals surface area contributed by atoms with Crippen LogP contribution in [0.2, 0.25) is 0 Å². The monoisotopic (exact) mass is 238 g/mol. The Labute approximate surface area is 95.2 Å². The number of hydrogen-bond donors (Lipinski definition) is 2. The maximum absolute atomic E-state index is 10.6. The van der Waals surface area contributed by atoms with Crippen LogP contribution in [0.5, 0.6) is 0 Å². The summed E-state index contributed by atoms with van der Waals surface area (Å²) >= 11 is 0. The lowest BCUT2D eigenvalue weighted by Crippen LogP contribution is -2.32. The van der Waals surface area contributed by atoms with Gasteiger partial charge in [0.1, 0.15) is 12.6 Å². The predicted molar refractivity (Wildman–Crippen MR) is 52.7 cm³/mol. The van der Waals surface area contributed by atoms with Gasteiger partial charge in [-0.3, -0.25) is 4.79 Å².